The predicted molar refractivity (Wildman–Crippen MR) is 63.2 cm³/mol. The lowest BCUT2D eigenvalue weighted by Crippen LogP contribution is -2.07. The van der Waals surface area contributed by atoms with Gasteiger partial charge in [-0.1, -0.05) is 5.16 Å². The van der Waals surface area contributed by atoms with Gasteiger partial charge < -0.3 is 14.5 Å². The standard InChI is InChI=1S/C12H12N2O3/c1-14(2)9-5-3-8(4-6-9)11-7-10(12(15)16)13-17-11/h3-7H,1-2H3,(H,15,16). The molecule has 0 aliphatic heterocycles. The van der Waals surface area contributed by atoms with Gasteiger partial charge in [0.05, 0.1) is 0 Å². The molecule has 5 heteroatoms. The van der Waals surface area contributed by atoms with Gasteiger partial charge in [-0.3, -0.25) is 0 Å². The Morgan fingerprint density at radius 1 is 1.29 bits per heavy atom. The highest BCUT2D eigenvalue weighted by molar-refractivity contribution is 5.86. The first kappa shape index (κ1) is 11.2. The summed E-state index contributed by atoms with van der Waals surface area (Å²) in [5.74, 6) is -0.641. The third-order valence-corrected chi connectivity index (χ3v) is 2.40. The monoisotopic (exact) mass is 232 g/mol. The summed E-state index contributed by atoms with van der Waals surface area (Å²) in [5, 5.41) is 12.2. The SMILES string of the molecule is CN(C)c1ccc(-c2cc(C(=O)O)no2)cc1. The number of anilines is 1. The molecule has 0 spiro atoms. The van der Waals surface area contributed by atoms with E-state index in [0.29, 0.717) is 5.76 Å². The quantitative estimate of drug-likeness (QED) is 0.877. The van der Waals surface area contributed by atoms with Gasteiger partial charge in [-0.2, -0.15) is 0 Å². The summed E-state index contributed by atoms with van der Waals surface area (Å²) in [6.45, 7) is 0. The zero-order valence-electron chi connectivity index (χ0n) is 9.54. The minimum atomic E-state index is -1.09. The van der Waals surface area contributed by atoms with E-state index in [1.165, 1.54) is 6.07 Å². The van der Waals surface area contributed by atoms with Crippen LogP contribution in [-0.2, 0) is 0 Å². The predicted octanol–water partition coefficient (Wildman–Crippen LogP) is 2.11. The van der Waals surface area contributed by atoms with Gasteiger partial charge in [-0.25, -0.2) is 4.79 Å². The van der Waals surface area contributed by atoms with Gasteiger partial charge in [-0.05, 0) is 24.3 Å². The number of hydrogen-bond donors (Lipinski definition) is 1. The van der Waals surface area contributed by atoms with E-state index in [0.717, 1.165) is 11.3 Å². The molecule has 0 aliphatic rings. The maximum Gasteiger partial charge on any atom is 0.358 e. The molecule has 1 N–H and O–H groups in total. The molecule has 5 nitrogen and oxygen atoms in total. The van der Waals surface area contributed by atoms with Gasteiger partial charge in [0.15, 0.2) is 11.5 Å². The van der Waals surface area contributed by atoms with Gasteiger partial charge in [-0.15, -0.1) is 0 Å². The Labute approximate surface area is 98.3 Å². The van der Waals surface area contributed by atoms with E-state index in [4.69, 9.17) is 9.63 Å². The van der Waals surface area contributed by atoms with Crippen molar-refractivity contribution in [1.29, 1.82) is 0 Å². The smallest absolute Gasteiger partial charge is 0.358 e. The van der Waals surface area contributed by atoms with Crippen LogP contribution in [0.4, 0.5) is 5.69 Å². The Morgan fingerprint density at radius 3 is 2.41 bits per heavy atom. The minimum Gasteiger partial charge on any atom is -0.476 e. The van der Waals surface area contributed by atoms with Crippen LogP contribution in [0.5, 0.6) is 0 Å². The summed E-state index contributed by atoms with van der Waals surface area (Å²) in [6.07, 6.45) is 0. The van der Waals surface area contributed by atoms with Crippen molar-refractivity contribution in [2.24, 2.45) is 0 Å². The molecule has 0 atom stereocenters. The van der Waals surface area contributed by atoms with E-state index in [-0.39, 0.29) is 5.69 Å². The van der Waals surface area contributed by atoms with Crippen LogP contribution in [0, 0.1) is 0 Å². The van der Waals surface area contributed by atoms with Gasteiger partial charge in [0.25, 0.3) is 0 Å². The van der Waals surface area contributed by atoms with Crippen LogP contribution in [0.3, 0.4) is 0 Å². The number of carbonyl (C=O) groups is 1. The highest BCUT2D eigenvalue weighted by Crippen LogP contribution is 2.23. The lowest BCUT2D eigenvalue weighted by Gasteiger charge is -2.11. The molecule has 1 aromatic carbocycles. The average Bonchev–Trinajstić information content (AvgIpc) is 2.78. The fourth-order valence-corrected chi connectivity index (χ4v) is 1.44. The molecular formula is C12H12N2O3. The molecule has 17 heavy (non-hydrogen) atoms. The van der Waals surface area contributed by atoms with Crippen molar-refractivity contribution in [3.8, 4) is 11.3 Å². The van der Waals surface area contributed by atoms with Crippen LogP contribution < -0.4 is 4.90 Å². The molecule has 0 bridgehead atoms. The molecule has 1 heterocycles. The zero-order chi connectivity index (χ0) is 12.4. The van der Waals surface area contributed by atoms with E-state index >= 15 is 0 Å². The summed E-state index contributed by atoms with van der Waals surface area (Å²) in [5.41, 5.74) is 1.78. The number of carboxylic acids is 1. The van der Waals surface area contributed by atoms with Gasteiger partial charge in [0.1, 0.15) is 0 Å². The van der Waals surface area contributed by atoms with Crippen LogP contribution in [0.25, 0.3) is 11.3 Å². The summed E-state index contributed by atoms with van der Waals surface area (Å²) in [6, 6.07) is 8.99. The Hall–Kier alpha value is -2.30. The fraction of sp³-hybridized carbons (Fsp3) is 0.167. The maximum atomic E-state index is 10.7. The summed E-state index contributed by atoms with van der Waals surface area (Å²) in [4.78, 5) is 12.6. The van der Waals surface area contributed by atoms with Crippen LogP contribution >= 0.6 is 0 Å². The number of benzene rings is 1. The van der Waals surface area contributed by atoms with Crippen LogP contribution in [0.1, 0.15) is 10.5 Å². The fourth-order valence-electron chi connectivity index (χ4n) is 1.44. The van der Waals surface area contributed by atoms with Gasteiger partial charge >= 0.3 is 5.97 Å². The van der Waals surface area contributed by atoms with Crippen LogP contribution in [-0.4, -0.2) is 30.3 Å². The molecule has 2 rings (SSSR count). The Morgan fingerprint density at radius 2 is 1.94 bits per heavy atom. The van der Waals surface area contributed by atoms with E-state index in [9.17, 15) is 4.79 Å². The normalized spacial score (nSPS) is 10.2. The molecule has 1 aromatic heterocycles. The number of rotatable bonds is 3. The maximum absolute atomic E-state index is 10.7. The van der Waals surface area contributed by atoms with E-state index in [1.54, 1.807) is 0 Å². The summed E-state index contributed by atoms with van der Waals surface area (Å²) in [7, 11) is 3.90. The van der Waals surface area contributed by atoms with Crippen LogP contribution in [0.15, 0.2) is 34.9 Å². The molecular weight excluding hydrogens is 220 g/mol. The molecule has 0 fully saturated rings. The molecule has 0 radical (unpaired) electrons. The molecule has 2 aromatic rings. The third kappa shape index (κ3) is 2.28. The highest BCUT2D eigenvalue weighted by atomic mass is 16.5. The van der Waals surface area contributed by atoms with E-state index in [1.807, 2.05) is 43.3 Å². The lowest BCUT2D eigenvalue weighted by atomic mass is 10.1. The van der Waals surface area contributed by atoms with Crippen molar-refractivity contribution >= 4 is 11.7 Å². The second-order valence-electron chi connectivity index (χ2n) is 3.82. The number of nitrogens with zero attached hydrogens (tertiary/aromatic N) is 2. The highest BCUT2D eigenvalue weighted by Gasteiger charge is 2.11. The molecule has 0 amide bonds. The summed E-state index contributed by atoms with van der Waals surface area (Å²) >= 11 is 0. The van der Waals surface area contributed by atoms with Crippen LogP contribution in [0.2, 0.25) is 0 Å². The average molecular weight is 232 g/mol. The first-order chi connectivity index (χ1) is 8.08. The Balaban J connectivity index is 2.30. The van der Waals surface area contributed by atoms with Crippen molar-refractivity contribution in [3.63, 3.8) is 0 Å². The molecule has 0 saturated carbocycles. The Bertz CT molecular complexity index is 529. The minimum absolute atomic E-state index is 0.0864. The van der Waals surface area contributed by atoms with Crippen molar-refractivity contribution in [2.75, 3.05) is 19.0 Å². The second kappa shape index (κ2) is 4.29. The van der Waals surface area contributed by atoms with E-state index in [2.05, 4.69) is 5.16 Å². The van der Waals surface area contributed by atoms with Crippen molar-refractivity contribution < 1.29 is 14.4 Å². The van der Waals surface area contributed by atoms with Gasteiger partial charge in [0.2, 0.25) is 0 Å². The molecule has 0 unspecified atom stereocenters. The number of aromatic carboxylic acids is 1. The second-order valence-corrected chi connectivity index (χ2v) is 3.82. The first-order valence-electron chi connectivity index (χ1n) is 5.05. The number of carboxylic acid groups (broad SMARTS) is 1. The summed E-state index contributed by atoms with van der Waals surface area (Å²) < 4.78 is 4.97. The molecule has 88 valence electrons. The first-order valence-corrected chi connectivity index (χ1v) is 5.05. The van der Waals surface area contributed by atoms with Crippen molar-refractivity contribution in [1.82, 2.24) is 5.16 Å². The van der Waals surface area contributed by atoms with Crippen molar-refractivity contribution in [3.05, 3.63) is 36.0 Å². The third-order valence-electron chi connectivity index (χ3n) is 2.40. The Kier molecular flexibility index (Phi) is 2.82. The zero-order valence-corrected chi connectivity index (χ0v) is 9.54. The van der Waals surface area contributed by atoms with E-state index < -0.39 is 5.97 Å². The topological polar surface area (TPSA) is 66.6 Å². The van der Waals surface area contributed by atoms with Gasteiger partial charge in [0, 0.05) is 31.4 Å². The molecule has 0 saturated heterocycles. The molecule has 0 aliphatic carbocycles. The number of aromatic nitrogens is 1. The lowest BCUT2D eigenvalue weighted by molar-refractivity contribution is 0.0686. The van der Waals surface area contributed by atoms with Crippen molar-refractivity contribution in [2.45, 2.75) is 0 Å². The largest absolute Gasteiger partial charge is 0.476 e. The number of hydrogen-bond acceptors (Lipinski definition) is 4.